The molecule has 3 aromatic rings. The predicted octanol–water partition coefficient (Wildman–Crippen LogP) is 2.65. The van der Waals surface area contributed by atoms with Crippen molar-refractivity contribution in [2.75, 3.05) is 14.2 Å². The Hall–Kier alpha value is -3.15. The van der Waals surface area contributed by atoms with Crippen molar-refractivity contribution in [3.63, 3.8) is 0 Å². The van der Waals surface area contributed by atoms with Gasteiger partial charge in [-0.2, -0.15) is 0 Å². The zero-order valence-corrected chi connectivity index (χ0v) is 13.9. The van der Waals surface area contributed by atoms with Gasteiger partial charge in [0.15, 0.2) is 23.0 Å². The lowest BCUT2D eigenvalue weighted by atomic mass is 9.95. The smallest absolute Gasteiger partial charge is 0.262 e. The average molecular weight is 339 g/mol. The van der Waals surface area contributed by atoms with E-state index in [1.807, 2.05) is 12.1 Å². The fourth-order valence-corrected chi connectivity index (χ4v) is 3.50. The molecule has 0 fully saturated rings. The number of methoxy groups -OCH3 is 2. The second-order valence-corrected chi connectivity index (χ2v) is 6.00. The van der Waals surface area contributed by atoms with Crippen molar-refractivity contribution in [1.29, 1.82) is 0 Å². The third kappa shape index (κ3) is 2.14. The van der Waals surface area contributed by atoms with E-state index in [4.69, 9.17) is 9.47 Å². The lowest BCUT2D eigenvalue weighted by molar-refractivity contribution is 0.358. The molecular weight excluding hydrogens is 322 g/mol. The van der Waals surface area contributed by atoms with Crippen LogP contribution in [0.2, 0.25) is 0 Å². The Kier molecular flexibility index (Phi) is 3.35. The molecule has 0 saturated carbocycles. The molecule has 4 rings (SSSR count). The number of pyridine rings is 1. The van der Waals surface area contributed by atoms with Crippen molar-refractivity contribution in [3.05, 3.63) is 46.2 Å². The monoisotopic (exact) mass is 339 g/mol. The van der Waals surface area contributed by atoms with Gasteiger partial charge in [-0.05, 0) is 41.6 Å². The second kappa shape index (κ2) is 5.44. The highest BCUT2D eigenvalue weighted by Gasteiger charge is 2.23. The van der Waals surface area contributed by atoms with Crippen molar-refractivity contribution in [2.24, 2.45) is 0 Å². The Labute approximate surface area is 143 Å². The van der Waals surface area contributed by atoms with E-state index in [1.165, 1.54) is 20.3 Å². The molecule has 2 heterocycles. The molecular formula is C19H17NO5. The first-order chi connectivity index (χ1) is 12.0. The third-order valence-corrected chi connectivity index (χ3v) is 4.70. The van der Waals surface area contributed by atoms with Crippen LogP contribution in [-0.2, 0) is 13.0 Å². The molecule has 6 nitrogen and oxygen atoms in total. The van der Waals surface area contributed by atoms with Gasteiger partial charge in [-0.3, -0.25) is 4.79 Å². The van der Waals surface area contributed by atoms with E-state index in [-0.39, 0.29) is 17.1 Å². The van der Waals surface area contributed by atoms with Gasteiger partial charge in [-0.25, -0.2) is 0 Å². The van der Waals surface area contributed by atoms with Gasteiger partial charge in [0.05, 0.1) is 25.3 Å². The maximum atomic E-state index is 13.1. The summed E-state index contributed by atoms with van der Waals surface area (Å²) in [4.78, 5) is 13.1. The molecule has 0 amide bonds. The van der Waals surface area contributed by atoms with Gasteiger partial charge in [0.25, 0.3) is 5.56 Å². The van der Waals surface area contributed by atoms with Gasteiger partial charge in [-0.1, -0.05) is 6.07 Å². The molecule has 1 aliphatic rings. The van der Waals surface area contributed by atoms with Crippen LogP contribution < -0.4 is 15.0 Å². The number of fused-ring (bicyclic) bond motifs is 4. The first-order valence-electron chi connectivity index (χ1n) is 7.89. The van der Waals surface area contributed by atoms with Crippen molar-refractivity contribution >= 4 is 10.8 Å². The lowest BCUT2D eigenvalue weighted by Gasteiger charge is -2.23. The molecule has 0 aliphatic carbocycles. The minimum absolute atomic E-state index is 0.151. The van der Waals surface area contributed by atoms with Gasteiger partial charge in [0.1, 0.15) is 0 Å². The Bertz CT molecular complexity index is 1070. The summed E-state index contributed by atoms with van der Waals surface area (Å²) in [6, 6.07) is 8.52. The van der Waals surface area contributed by atoms with Crippen molar-refractivity contribution in [3.8, 4) is 34.3 Å². The van der Waals surface area contributed by atoms with Crippen LogP contribution >= 0.6 is 0 Å². The van der Waals surface area contributed by atoms with Crippen LogP contribution in [0.5, 0.6) is 23.0 Å². The minimum Gasteiger partial charge on any atom is -0.504 e. The number of aromatic nitrogens is 1. The number of ether oxygens (including phenoxy) is 2. The molecule has 2 aromatic carbocycles. The van der Waals surface area contributed by atoms with Crippen molar-refractivity contribution < 1.29 is 19.7 Å². The molecule has 0 spiro atoms. The van der Waals surface area contributed by atoms with Gasteiger partial charge < -0.3 is 24.3 Å². The molecule has 0 atom stereocenters. The van der Waals surface area contributed by atoms with Crippen LogP contribution in [0.4, 0.5) is 0 Å². The van der Waals surface area contributed by atoms with E-state index in [2.05, 4.69) is 0 Å². The second-order valence-electron chi connectivity index (χ2n) is 6.00. The predicted molar refractivity (Wildman–Crippen MR) is 93.8 cm³/mol. The Morgan fingerprint density at radius 1 is 1.04 bits per heavy atom. The van der Waals surface area contributed by atoms with E-state index in [1.54, 1.807) is 16.7 Å². The molecule has 1 aromatic heterocycles. The summed E-state index contributed by atoms with van der Waals surface area (Å²) >= 11 is 0. The molecule has 1 aliphatic heterocycles. The summed E-state index contributed by atoms with van der Waals surface area (Å²) in [5, 5.41) is 20.8. The minimum atomic E-state index is -0.202. The summed E-state index contributed by atoms with van der Waals surface area (Å²) in [6.07, 6.45) is 0.591. The standard InChI is InChI=1S/C19H17NO5/c1-24-16-4-3-11-7-13-12-9-15(22)14(21)8-10(12)5-6-20(13)19(23)17(11)18(16)25-2/h3-4,7-9,21-22H,5-6H2,1-2H3. The summed E-state index contributed by atoms with van der Waals surface area (Å²) in [5.74, 6) is 0.569. The van der Waals surface area contributed by atoms with Crippen LogP contribution in [0, 0.1) is 0 Å². The fraction of sp³-hybridized carbons (Fsp3) is 0.211. The number of rotatable bonds is 2. The third-order valence-electron chi connectivity index (χ3n) is 4.70. The number of phenols is 2. The molecule has 0 unspecified atom stereocenters. The van der Waals surface area contributed by atoms with Gasteiger partial charge in [-0.15, -0.1) is 0 Å². The number of hydrogen-bond donors (Lipinski definition) is 2. The summed E-state index contributed by atoms with van der Waals surface area (Å²) < 4.78 is 12.4. The first kappa shape index (κ1) is 15.4. The maximum Gasteiger partial charge on any atom is 0.262 e. The van der Waals surface area contributed by atoms with E-state index in [0.717, 1.165) is 16.5 Å². The molecule has 2 N–H and O–H groups in total. The molecule has 0 radical (unpaired) electrons. The van der Waals surface area contributed by atoms with Crippen LogP contribution in [0.1, 0.15) is 5.56 Å². The summed E-state index contributed by atoms with van der Waals surface area (Å²) in [6.45, 7) is 0.488. The van der Waals surface area contributed by atoms with Crippen molar-refractivity contribution in [1.82, 2.24) is 4.57 Å². The zero-order chi connectivity index (χ0) is 17.7. The number of phenolic OH excluding ortho intramolecular Hbond substituents is 2. The van der Waals surface area contributed by atoms with Crippen LogP contribution in [0.25, 0.3) is 22.0 Å². The maximum absolute atomic E-state index is 13.1. The Morgan fingerprint density at radius 3 is 2.52 bits per heavy atom. The number of aryl methyl sites for hydroxylation is 1. The number of nitrogens with zero attached hydrogens (tertiary/aromatic N) is 1. The normalized spacial score (nSPS) is 12.6. The number of benzene rings is 2. The van der Waals surface area contributed by atoms with E-state index < -0.39 is 0 Å². The highest BCUT2D eigenvalue weighted by Crippen LogP contribution is 2.39. The quantitative estimate of drug-likeness (QED) is 0.702. The van der Waals surface area contributed by atoms with Gasteiger partial charge in [0.2, 0.25) is 0 Å². The topological polar surface area (TPSA) is 80.9 Å². The highest BCUT2D eigenvalue weighted by molar-refractivity contribution is 5.93. The summed E-state index contributed by atoms with van der Waals surface area (Å²) in [5.41, 5.74) is 2.19. The zero-order valence-electron chi connectivity index (χ0n) is 13.9. The van der Waals surface area contributed by atoms with Gasteiger partial charge in [0, 0.05) is 12.1 Å². The fourth-order valence-electron chi connectivity index (χ4n) is 3.50. The van der Waals surface area contributed by atoms with Crippen LogP contribution in [-0.4, -0.2) is 29.0 Å². The Morgan fingerprint density at radius 2 is 1.80 bits per heavy atom. The van der Waals surface area contributed by atoms with E-state index >= 15 is 0 Å². The molecule has 25 heavy (non-hydrogen) atoms. The first-order valence-corrected chi connectivity index (χ1v) is 7.89. The number of hydrogen-bond acceptors (Lipinski definition) is 5. The lowest BCUT2D eigenvalue weighted by Crippen LogP contribution is -2.26. The molecule has 6 heteroatoms. The number of aromatic hydroxyl groups is 2. The van der Waals surface area contributed by atoms with Gasteiger partial charge >= 0.3 is 0 Å². The van der Waals surface area contributed by atoms with Crippen LogP contribution in [0.3, 0.4) is 0 Å². The van der Waals surface area contributed by atoms with Crippen molar-refractivity contribution in [2.45, 2.75) is 13.0 Å². The summed E-state index contributed by atoms with van der Waals surface area (Å²) in [7, 11) is 3.04. The largest absolute Gasteiger partial charge is 0.504 e. The Balaban J connectivity index is 2.08. The SMILES string of the molecule is COc1ccc2cc3n(c(=O)c2c1OC)CCc1cc(O)c(O)cc1-3. The average Bonchev–Trinajstić information content (AvgIpc) is 2.62. The van der Waals surface area contributed by atoms with E-state index in [9.17, 15) is 15.0 Å². The van der Waals surface area contributed by atoms with E-state index in [0.29, 0.717) is 35.5 Å². The molecule has 128 valence electrons. The highest BCUT2D eigenvalue weighted by atomic mass is 16.5. The molecule has 0 saturated heterocycles. The van der Waals surface area contributed by atoms with Crippen LogP contribution in [0.15, 0.2) is 35.1 Å². The molecule has 0 bridgehead atoms.